The highest BCUT2D eigenvalue weighted by molar-refractivity contribution is 5.68. The Labute approximate surface area is 189 Å². The van der Waals surface area contributed by atoms with Crippen molar-refractivity contribution in [2.75, 3.05) is 43.1 Å². The fraction of sp³-hybridized carbons (Fsp3) is 0.348. The number of rotatable bonds is 6. The number of anilines is 2. The van der Waals surface area contributed by atoms with Gasteiger partial charge in [0.25, 0.3) is 0 Å². The number of benzene rings is 1. The van der Waals surface area contributed by atoms with Gasteiger partial charge in [0.15, 0.2) is 0 Å². The number of nitrogens with one attached hydrogen (secondary N) is 1. The summed E-state index contributed by atoms with van der Waals surface area (Å²) in [5, 5.41) is 13.5. The van der Waals surface area contributed by atoms with Crippen LogP contribution >= 0.6 is 0 Å². The lowest BCUT2D eigenvalue weighted by molar-refractivity contribution is -0.137. The lowest BCUT2D eigenvalue weighted by Crippen LogP contribution is -2.37. The summed E-state index contributed by atoms with van der Waals surface area (Å²) >= 11 is 0. The highest BCUT2D eigenvalue weighted by atomic mass is 19.4. The number of aliphatic hydroxyl groups excluding tert-OH is 1. The first-order chi connectivity index (χ1) is 15.8. The Kier molecular flexibility index (Phi) is 6.75. The number of ether oxygens (including phenoxy) is 1. The third-order valence-corrected chi connectivity index (χ3v) is 5.29. The minimum absolute atomic E-state index is 0.100. The van der Waals surface area contributed by atoms with E-state index in [1.165, 1.54) is 19.2 Å². The van der Waals surface area contributed by atoms with Crippen LogP contribution in [0.3, 0.4) is 0 Å². The summed E-state index contributed by atoms with van der Waals surface area (Å²) in [5.74, 6) is 0.603. The molecule has 2 aromatic heterocycles. The number of aromatic nitrogens is 3. The molecule has 33 heavy (non-hydrogen) atoms. The minimum Gasteiger partial charge on any atom is -0.387 e. The van der Waals surface area contributed by atoms with Crippen molar-refractivity contribution in [2.24, 2.45) is 0 Å². The Morgan fingerprint density at radius 2 is 1.85 bits per heavy atom. The molecule has 1 saturated heterocycles. The lowest BCUT2D eigenvalue weighted by atomic mass is 10.1. The smallest absolute Gasteiger partial charge is 0.387 e. The van der Waals surface area contributed by atoms with E-state index in [-0.39, 0.29) is 23.5 Å². The van der Waals surface area contributed by atoms with Crippen LogP contribution in [0.1, 0.15) is 22.9 Å². The predicted molar refractivity (Wildman–Crippen MR) is 118 cm³/mol. The average Bonchev–Trinajstić information content (AvgIpc) is 2.83. The first-order valence-electron chi connectivity index (χ1n) is 10.5. The molecule has 4 rings (SSSR count). The molecule has 1 aromatic carbocycles. The minimum atomic E-state index is -4.57. The maximum atomic E-state index is 13.8. The molecule has 1 unspecified atom stereocenters. The van der Waals surface area contributed by atoms with Crippen molar-refractivity contribution >= 4 is 11.8 Å². The van der Waals surface area contributed by atoms with Crippen LogP contribution in [-0.4, -0.2) is 52.9 Å². The second kappa shape index (κ2) is 9.72. The lowest BCUT2D eigenvalue weighted by Gasteiger charge is -2.27. The molecular formula is C23H24F3N5O2. The molecule has 0 radical (unpaired) electrons. The second-order valence-corrected chi connectivity index (χ2v) is 7.71. The van der Waals surface area contributed by atoms with Gasteiger partial charge in [-0.3, -0.25) is 4.98 Å². The number of pyridine rings is 1. The van der Waals surface area contributed by atoms with Gasteiger partial charge in [0.05, 0.1) is 30.6 Å². The van der Waals surface area contributed by atoms with E-state index in [0.29, 0.717) is 38.1 Å². The summed E-state index contributed by atoms with van der Waals surface area (Å²) in [5.41, 5.74) is 0.143. The Bertz CT molecular complexity index is 1090. The number of aryl methyl sites for hydroxylation is 1. The van der Waals surface area contributed by atoms with Crippen molar-refractivity contribution in [1.82, 2.24) is 15.0 Å². The number of hydrogen-bond donors (Lipinski definition) is 2. The summed E-state index contributed by atoms with van der Waals surface area (Å²) in [6.45, 7) is 3.63. The van der Waals surface area contributed by atoms with Gasteiger partial charge >= 0.3 is 6.18 Å². The zero-order valence-corrected chi connectivity index (χ0v) is 18.0. The highest BCUT2D eigenvalue weighted by Crippen LogP contribution is 2.37. The molecule has 1 aliphatic rings. The topological polar surface area (TPSA) is 83.4 Å². The largest absolute Gasteiger partial charge is 0.417 e. The SMILES string of the molecule is Cc1cc(C(F)(F)F)c(-c2cc(NCC(O)c3ccccc3)nc(N3CCOCC3)n2)cn1. The van der Waals surface area contributed by atoms with E-state index in [2.05, 4.69) is 20.3 Å². The molecule has 1 aliphatic heterocycles. The summed E-state index contributed by atoms with van der Waals surface area (Å²) < 4.78 is 46.7. The van der Waals surface area contributed by atoms with Gasteiger partial charge in [-0.05, 0) is 18.6 Å². The first kappa shape index (κ1) is 22.9. The van der Waals surface area contributed by atoms with Gasteiger partial charge in [0, 0.05) is 43.2 Å². The van der Waals surface area contributed by atoms with Gasteiger partial charge in [-0.1, -0.05) is 30.3 Å². The van der Waals surface area contributed by atoms with Gasteiger partial charge in [0.2, 0.25) is 5.95 Å². The fourth-order valence-electron chi connectivity index (χ4n) is 3.56. The standard InChI is InChI=1S/C23H24F3N5O2/c1-15-11-18(23(24,25)26)17(13-27-15)19-12-21(28-14-20(32)16-5-3-2-4-6-16)30-22(29-19)31-7-9-33-10-8-31/h2-6,11-13,20,32H,7-10,14H2,1H3,(H,28,29,30). The van der Waals surface area contributed by atoms with Crippen LogP contribution in [-0.2, 0) is 10.9 Å². The second-order valence-electron chi connectivity index (χ2n) is 7.71. The third kappa shape index (κ3) is 5.58. The molecular weight excluding hydrogens is 435 g/mol. The van der Waals surface area contributed by atoms with Crippen molar-refractivity contribution in [3.05, 3.63) is 65.5 Å². The molecule has 0 aliphatic carbocycles. The molecule has 10 heteroatoms. The van der Waals surface area contributed by atoms with Gasteiger partial charge in [0.1, 0.15) is 5.82 Å². The maximum Gasteiger partial charge on any atom is 0.417 e. The number of aliphatic hydroxyl groups is 1. The van der Waals surface area contributed by atoms with E-state index >= 15 is 0 Å². The summed E-state index contributed by atoms with van der Waals surface area (Å²) in [7, 11) is 0. The molecule has 0 saturated carbocycles. The van der Waals surface area contributed by atoms with E-state index in [0.717, 1.165) is 11.6 Å². The monoisotopic (exact) mass is 459 g/mol. The van der Waals surface area contributed by atoms with Crippen LogP contribution in [0.5, 0.6) is 0 Å². The summed E-state index contributed by atoms with van der Waals surface area (Å²) in [6, 6.07) is 11.5. The zero-order valence-electron chi connectivity index (χ0n) is 18.0. The molecule has 174 valence electrons. The molecule has 1 fully saturated rings. The quantitative estimate of drug-likeness (QED) is 0.579. The van der Waals surface area contributed by atoms with Crippen LogP contribution in [0.2, 0.25) is 0 Å². The van der Waals surface area contributed by atoms with Crippen LogP contribution in [0.4, 0.5) is 24.9 Å². The van der Waals surface area contributed by atoms with E-state index in [1.54, 1.807) is 12.1 Å². The number of halogens is 3. The van der Waals surface area contributed by atoms with Crippen molar-refractivity contribution in [1.29, 1.82) is 0 Å². The maximum absolute atomic E-state index is 13.8. The molecule has 3 heterocycles. The Morgan fingerprint density at radius 1 is 1.12 bits per heavy atom. The summed E-state index contributed by atoms with van der Waals surface area (Å²) in [6.07, 6.45) is -4.20. The van der Waals surface area contributed by atoms with E-state index in [9.17, 15) is 18.3 Å². The third-order valence-electron chi connectivity index (χ3n) is 5.29. The number of hydrogen-bond acceptors (Lipinski definition) is 7. The van der Waals surface area contributed by atoms with Crippen LogP contribution in [0.25, 0.3) is 11.3 Å². The molecule has 0 amide bonds. The average molecular weight is 459 g/mol. The zero-order chi connectivity index (χ0) is 23.4. The van der Waals surface area contributed by atoms with Crippen LogP contribution < -0.4 is 10.2 Å². The normalized spacial score (nSPS) is 15.4. The Hall–Kier alpha value is -3.24. The predicted octanol–water partition coefficient (Wildman–Crippen LogP) is 3.85. The molecule has 0 spiro atoms. The van der Waals surface area contributed by atoms with E-state index < -0.39 is 17.8 Å². The van der Waals surface area contributed by atoms with E-state index in [4.69, 9.17) is 4.74 Å². The van der Waals surface area contributed by atoms with Crippen LogP contribution in [0.15, 0.2) is 48.7 Å². The summed E-state index contributed by atoms with van der Waals surface area (Å²) in [4.78, 5) is 14.8. The van der Waals surface area contributed by atoms with Crippen molar-refractivity contribution < 1.29 is 23.0 Å². The number of alkyl halides is 3. The van der Waals surface area contributed by atoms with Gasteiger partial charge < -0.3 is 20.1 Å². The van der Waals surface area contributed by atoms with Gasteiger partial charge in [-0.25, -0.2) is 4.98 Å². The fourth-order valence-corrected chi connectivity index (χ4v) is 3.56. The number of morpholine rings is 1. The molecule has 7 nitrogen and oxygen atoms in total. The van der Waals surface area contributed by atoms with Crippen LogP contribution in [0, 0.1) is 6.92 Å². The van der Waals surface area contributed by atoms with Gasteiger partial charge in [-0.2, -0.15) is 18.2 Å². The van der Waals surface area contributed by atoms with Crippen molar-refractivity contribution in [3.8, 4) is 11.3 Å². The highest BCUT2D eigenvalue weighted by Gasteiger charge is 2.35. The Balaban J connectivity index is 1.70. The molecule has 2 N–H and O–H groups in total. The van der Waals surface area contributed by atoms with Gasteiger partial charge in [-0.15, -0.1) is 0 Å². The van der Waals surface area contributed by atoms with Crippen molar-refractivity contribution in [2.45, 2.75) is 19.2 Å². The molecule has 1 atom stereocenters. The number of nitrogens with zero attached hydrogens (tertiary/aromatic N) is 4. The first-order valence-corrected chi connectivity index (χ1v) is 10.5. The van der Waals surface area contributed by atoms with Crippen molar-refractivity contribution in [3.63, 3.8) is 0 Å². The van der Waals surface area contributed by atoms with E-state index in [1.807, 2.05) is 23.1 Å². The Morgan fingerprint density at radius 3 is 2.55 bits per heavy atom. The molecule has 3 aromatic rings. The molecule has 0 bridgehead atoms.